The van der Waals surface area contributed by atoms with E-state index in [9.17, 15) is 0 Å². The zero-order chi connectivity index (χ0) is 9.97. The molecule has 4 nitrogen and oxygen atoms in total. The van der Waals surface area contributed by atoms with E-state index in [0.717, 1.165) is 18.4 Å². The Morgan fingerprint density at radius 2 is 2.36 bits per heavy atom. The Bertz CT molecular complexity index is 379. The van der Waals surface area contributed by atoms with Crippen molar-refractivity contribution in [1.82, 2.24) is 4.98 Å². The molecule has 2 N–H and O–H groups in total. The molecule has 1 aromatic heterocycles. The molecule has 0 aliphatic heterocycles. The molecule has 0 spiro atoms. The van der Waals surface area contributed by atoms with Crippen LogP contribution in [0.4, 0.5) is 0 Å². The highest BCUT2D eigenvalue weighted by Crippen LogP contribution is 2.30. The van der Waals surface area contributed by atoms with Crippen LogP contribution in [-0.4, -0.2) is 11.1 Å². The Morgan fingerprint density at radius 1 is 1.57 bits per heavy atom. The molecule has 0 bridgehead atoms. The summed E-state index contributed by atoms with van der Waals surface area (Å²) in [6, 6.07) is 2.06. The van der Waals surface area contributed by atoms with Gasteiger partial charge in [0.05, 0.1) is 6.10 Å². The van der Waals surface area contributed by atoms with Crippen molar-refractivity contribution in [3.63, 3.8) is 0 Å². The van der Waals surface area contributed by atoms with Crippen molar-refractivity contribution in [1.29, 1.82) is 5.26 Å². The molecular weight excluding hydrogens is 178 g/mol. The maximum absolute atomic E-state index is 8.86. The number of hydrogen-bond acceptors (Lipinski definition) is 4. The molecule has 0 saturated heterocycles. The lowest BCUT2D eigenvalue weighted by Crippen LogP contribution is -2.06. The average Bonchev–Trinajstić information content (AvgIpc) is 3.02. The van der Waals surface area contributed by atoms with Crippen LogP contribution < -0.4 is 10.5 Å². The van der Waals surface area contributed by atoms with Gasteiger partial charge in [-0.1, -0.05) is 0 Å². The van der Waals surface area contributed by atoms with Gasteiger partial charge in [0.25, 0.3) is 0 Å². The minimum Gasteiger partial charge on any atom is -0.489 e. The molecule has 4 heteroatoms. The lowest BCUT2D eigenvalue weighted by molar-refractivity contribution is 0.298. The lowest BCUT2D eigenvalue weighted by atomic mass is 10.2. The van der Waals surface area contributed by atoms with Crippen LogP contribution in [0.3, 0.4) is 0 Å². The van der Waals surface area contributed by atoms with Crippen LogP contribution >= 0.6 is 0 Å². The van der Waals surface area contributed by atoms with Crippen LogP contribution in [0.2, 0.25) is 0 Å². The minimum absolute atomic E-state index is 0.273. The van der Waals surface area contributed by atoms with E-state index in [0.29, 0.717) is 17.9 Å². The van der Waals surface area contributed by atoms with E-state index in [1.807, 2.05) is 0 Å². The third kappa shape index (κ3) is 1.68. The first-order valence-corrected chi connectivity index (χ1v) is 4.59. The summed E-state index contributed by atoms with van der Waals surface area (Å²) in [5, 5.41) is 8.86. The summed E-state index contributed by atoms with van der Waals surface area (Å²) in [4.78, 5) is 3.93. The fourth-order valence-corrected chi connectivity index (χ4v) is 1.21. The lowest BCUT2D eigenvalue weighted by Gasteiger charge is -2.09. The van der Waals surface area contributed by atoms with Gasteiger partial charge in [0, 0.05) is 24.5 Å². The molecule has 1 aliphatic rings. The molecule has 0 aromatic carbocycles. The number of nitrogens with zero attached hydrogens (tertiary/aromatic N) is 2. The van der Waals surface area contributed by atoms with Gasteiger partial charge in [-0.2, -0.15) is 5.26 Å². The summed E-state index contributed by atoms with van der Waals surface area (Å²) in [5.41, 5.74) is 6.81. The molecule has 1 saturated carbocycles. The summed E-state index contributed by atoms with van der Waals surface area (Å²) in [6.07, 6.45) is 5.57. The number of hydrogen-bond donors (Lipinski definition) is 1. The van der Waals surface area contributed by atoms with Gasteiger partial charge < -0.3 is 10.5 Å². The molecule has 72 valence electrons. The zero-order valence-corrected chi connectivity index (χ0v) is 7.73. The summed E-state index contributed by atoms with van der Waals surface area (Å²) < 4.78 is 5.63. The van der Waals surface area contributed by atoms with Gasteiger partial charge in [-0.15, -0.1) is 0 Å². The summed E-state index contributed by atoms with van der Waals surface area (Å²) in [6.45, 7) is 0.352. The highest BCUT2D eigenvalue weighted by molar-refractivity contribution is 5.46. The Morgan fingerprint density at radius 3 is 2.93 bits per heavy atom. The second-order valence-electron chi connectivity index (χ2n) is 3.31. The molecule has 2 rings (SSSR count). The maximum atomic E-state index is 8.86. The van der Waals surface area contributed by atoms with Crippen molar-refractivity contribution < 1.29 is 4.74 Å². The Kier molecular flexibility index (Phi) is 2.33. The summed E-state index contributed by atoms with van der Waals surface area (Å²) in [7, 11) is 0. The molecule has 0 unspecified atom stereocenters. The van der Waals surface area contributed by atoms with E-state index in [1.165, 1.54) is 6.20 Å². The molecule has 1 aromatic rings. The normalized spacial score (nSPS) is 14.9. The predicted molar refractivity (Wildman–Crippen MR) is 50.5 cm³/mol. The highest BCUT2D eigenvalue weighted by atomic mass is 16.5. The van der Waals surface area contributed by atoms with Crippen LogP contribution in [0.1, 0.15) is 24.0 Å². The standard InChI is InChI=1S/C10H11N3O/c11-3-7-5-13-6-8(4-12)10(7)14-9-1-2-9/h5-6,9H,1-3,11H2. The Balaban J connectivity index is 2.35. The summed E-state index contributed by atoms with van der Waals surface area (Å²) in [5.74, 6) is 0.618. The largest absolute Gasteiger partial charge is 0.489 e. The van der Waals surface area contributed by atoms with E-state index < -0.39 is 0 Å². The maximum Gasteiger partial charge on any atom is 0.145 e. The van der Waals surface area contributed by atoms with Crippen LogP contribution in [-0.2, 0) is 6.54 Å². The van der Waals surface area contributed by atoms with Gasteiger partial charge in [-0.3, -0.25) is 4.98 Å². The van der Waals surface area contributed by atoms with Crippen molar-refractivity contribution in [2.45, 2.75) is 25.5 Å². The molecule has 0 atom stereocenters. The van der Waals surface area contributed by atoms with E-state index in [2.05, 4.69) is 11.1 Å². The Labute approximate surface area is 82.3 Å². The highest BCUT2D eigenvalue weighted by Gasteiger charge is 2.25. The van der Waals surface area contributed by atoms with Gasteiger partial charge >= 0.3 is 0 Å². The monoisotopic (exact) mass is 189 g/mol. The number of rotatable bonds is 3. The van der Waals surface area contributed by atoms with Gasteiger partial charge in [0.2, 0.25) is 0 Å². The third-order valence-electron chi connectivity index (χ3n) is 2.12. The van der Waals surface area contributed by atoms with Gasteiger partial charge in [-0.05, 0) is 12.8 Å². The van der Waals surface area contributed by atoms with Crippen molar-refractivity contribution in [2.24, 2.45) is 5.73 Å². The first kappa shape index (κ1) is 8.97. The second kappa shape index (κ2) is 3.64. The first-order valence-electron chi connectivity index (χ1n) is 4.59. The number of nitriles is 1. The van der Waals surface area contributed by atoms with Crippen LogP contribution in [0.15, 0.2) is 12.4 Å². The van der Waals surface area contributed by atoms with Crippen molar-refractivity contribution in [2.75, 3.05) is 0 Å². The van der Waals surface area contributed by atoms with Crippen LogP contribution in [0.25, 0.3) is 0 Å². The fourth-order valence-electron chi connectivity index (χ4n) is 1.21. The molecule has 1 heterocycles. The average molecular weight is 189 g/mol. The topological polar surface area (TPSA) is 71.9 Å². The minimum atomic E-state index is 0.273. The molecule has 0 radical (unpaired) electrons. The second-order valence-corrected chi connectivity index (χ2v) is 3.31. The molecule has 14 heavy (non-hydrogen) atoms. The fraction of sp³-hybridized carbons (Fsp3) is 0.400. The Hall–Kier alpha value is -1.60. The van der Waals surface area contributed by atoms with E-state index >= 15 is 0 Å². The van der Waals surface area contributed by atoms with Crippen LogP contribution in [0.5, 0.6) is 5.75 Å². The molecule has 1 fully saturated rings. The quantitative estimate of drug-likeness (QED) is 0.768. The van der Waals surface area contributed by atoms with E-state index in [-0.39, 0.29) is 6.10 Å². The predicted octanol–water partition coefficient (Wildman–Crippen LogP) is 0.953. The van der Waals surface area contributed by atoms with E-state index in [4.69, 9.17) is 15.7 Å². The molecule has 0 amide bonds. The first-order chi connectivity index (χ1) is 6.85. The number of pyridine rings is 1. The van der Waals surface area contributed by atoms with Crippen molar-refractivity contribution in [3.8, 4) is 11.8 Å². The smallest absolute Gasteiger partial charge is 0.145 e. The SMILES string of the molecule is N#Cc1cncc(CN)c1OC1CC1. The van der Waals surface area contributed by atoms with Gasteiger partial charge in [0.15, 0.2) is 0 Å². The van der Waals surface area contributed by atoms with Crippen LogP contribution in [0, 0.1) is 11.3 Å². The van der Waals surface area contributed by atoms with Gasteiger partial charge in [-0.25, -0.2) is 0 Å². The molecular formula is C10H11N3O. The van der Waals surface area contributed by atoms with Crippen molar-refractivity contribution >= 4 is 0 Å². The molecule has 1 aliphatic carbocycles. The zero-order valence-electron chi connectivity index (χ0n) is 7.73. The van der Waals surface area contributed by atoms with Gasteiger partial charge in [0.1, 0.15) is 17.4 Å². The number of ether oxygens (including phenoxy) is 1. The van der Waals surface area contributed by atoms with Crippen molar-refractivity contribution in [3.05, 3.63) is 23.5 Å². The number of nitrogens with two attached hydrogens (primary N) is 1. The third-order valence-corrected chi connectivity index (χ3v) is 2.12. The number of aromatic nitrogens is 1. The van der Waals surface area contributed by atoms with E-state index in [1.54, 1.807) is 6.20 Å². The summed E-state index contributed by atoms with van der Waals surface area (Å²) >= 11 is 0.